The summed E-state index contributed by atoms with van der Waals surface area (Å²) in [6, 6.07) is 1.83. The van der Waals surface area contributed by atoms with Crippen LogP contribution in [0.25, 0.3) is 0 Å². The van der Waals surface area contributed by atoms with E-state index in [2.05, 4.69) is 46.5 Å². The number of hydrogen-bond donors (Lipinski definition) is 2. The summed E-state index contributed by atoms with van der Waals surface area (Å²) in [7, 11) is 1.86. The predicted molar refractivity (Wildman–Crippen MR) is 78.8 cm³/mol. The quantitative estimate of drug-likeness (QED) is 0.893. The Morgan fingerprint density at radius 3 is 2.45 bits per heavy atom. The number of rotatable bonds is 4. The van der Waals surface area contributed by atoms with Crippen molar-refractivity contribution in [3.05, 3.63) is 29.4 Å². The van der Waals surface area contributed by atoms with E-state index in [9.17, 15) is 0 Å². The molecule has 0 aliphatic carbocycles. The van der Waals surface area contributed by atoms with Crippen LogP contribution in [0.5, 0.6) is 0 Å². The molecular formula is C14H21N5O. The summed E-state index contributed by atoms with van der Waals surface area (Å²) in [6.45, 7) is 8.85. The topological polar surface area (TPSA) is 75.9 Å². The molecule has 2 N–H and O–H groups in total. The maximum atomic E-state index is 4.82. The Morgan fingerprint density at radius 2 is 1.90 bits per heavy atom. The van der Waals surface area contributed by atoms with Crippen LogP contribution in [-0.4, -0.2) is 22.2 Å². The summed E-state index contributed by atoms with van der Waals surface area (Å²) in [5, 5.41) is 10.3. The average molecular weight is 275 g/mol. The zero-order chi connectivity index (χ0) is 14.8. The van der Waals surface area contributed by atoms with Gasteiger partial charge in [0.25, 0.3) is 0 Å². The molecule has 0 radical (unpaired) electrons. The largest absolute Gasteiger partial charge is 0.373 e. The number of nitrogens with zero attached hydrogens (tertiary/aromatic N) is 3. The second kappa shape index (κ2) is 5.48. The Balaban J connectivity index is 2.30. The summed E-state index contributed by atoms with van der Waals surface area (Å²) < 4.78 is 4.82. The highest BCUT2D eigenvalue weighted by molar-refractivity contribution is 5.57. The molecule has 0 fully saturated rings. The Bertz CT molecular complexity index is 572. The molecular weight excluding hydrogens is 254 g/mol. The normalized spacial score (nSPS) is 11.4. The molecule has 108 valence electrons. The van der Waals surface area contributed by atoms with Crippen molar-refractivity contribution in [3.63, 3.8) is 0 Å². The van der Waals surface area contributed by atoms with E-state index in [-0.39, 0.29) is 5.41 Å². The maximum absolute atomic E-state index is 4.82. The summed E-state index contributed by atoms with van der Waals surface area (Å²) in [5.41, 5.74) is 1.72. The van der Waals surface area contributed by atoms with Gasteiger partial charge in [-0.25, -0.2) is 9.97 Å². The number of nitrogens with one attached hydrogen (secondary N) is 2. The van der Waals surface area contributed by atoms with Crippen molar-refractivity contribution in [1.29, 1.82) is 0 Å². The van der Waals surface area contributed by atoms with Crippen LogP contribution in [0.3, 0.4) is 0 Å². The van der Waals surface area contributed by atoms with E-state index in [4.69, 9.17) is 4.52 Å². The van der Waals surface area contributed by atoms with Crippen LogP contribution >= 0.6 is 0 Å². The molecule has 2 rings (SSSR count). The second-order valence-corrected chi connectivity index (χ2v) is 5.71. The van der Waals surface area contributed by atoms with Gasteiger partial charge in [0.1, 0.15) is 29.4 Å². The minimum Gasteiger partial charge on any atom is -0.373 e. The van der Waals surface area contributed by atoms with Crippen molar-refractivity contribution >= 4 is 11.6 Å². The SMILES string of the molecule is CNc1nc(C(C)(C)C)nc(NCc2ccon2)c1C. The number of hydrogen-bond acceptors (Lipinski definition) is 6. The molecule has 0 spiro atoms. The maximum Gasteiger partial charge on any atom is 0.138 e. The summed E-state index contributed by atoms with van der Waals surface area (Å²) in [6.07, 6.45) is 1.56. The lowest BCUT2D eigenvalue weighted by Crippen LogP contribution is -2.19. The first-order valence-electron chi connectivity index (χ1n) is 6.62. The van der Waals surface area contributed by atoms with Crippen LogP contribution in [0.4, 0.5) is 11.6 Å². The van der Waals surface area contributed by atoms with Crippen LogP contribution in [0.2, 0.25) is 0 Å². The number of aromatic nitrogens is 3. The molecule has 0 aliphatic heterocycles. The molecule has 6 nitrogen and oxygen atoms in total. The standard InChI is InChI=1S/C14H21N5O/c1-9-11(15-5)17-13(14(2,3)4)18-12(9)16-8-10-6-7-20-19-10/h6-7H,8H2,1-5H3,(H2,15,16,17,18). The van der Waals surface area contributed by atoms with Gasteiger partial charge >= 0.3 is 0 Å². The van der Waals surface area contributed by atoms with E-state index in [0.29, 0.717) is 6.54 Å². The van der Waals surface area contributed by atoms with E-state index in [1.54, 1.807) is 6.26 Å². The van der Waals surface area contributed by atoms with Gasteiger partial charge in [0, 0.05) is 24.1 Å². The first-order valence-corrected chi connectivity index (χ1v) is 6.62. The van der Waals surface area contributed by atoms with E-state index in [1.165, 1.54) is 0 Å². The van der Waals surface area contributed by atoms with Crippen molar-refractivity contribution in [1.82, 2.24) is 15.1 Å². The van der Waals surface area contributed by atoms with Gasteiger partial charge in [-0.2, -0.15) is 0 Å². The smallest absolute Gasteiger partial charge is 0.138 e. The van der Waals surface area contributed by atoms with E-state index < -0.39 is 0 Å². The van der Waals surface area contributed by atoms with E-state index >= 15 is 0 Å². The summed E-state index contributed by atoms with van der Waals surface area (Å²) in [5.74, 6) is 2.46. The molecule has 0 aromatic carbocycles. The minimum absolute atomic E-state index is 0.108. The first kappa shape index (κ1) is 14.3. The lowest BCUT2D eigenvalue weighted by atomic mass is 9.95. The molecule has 0 bridgehead atoms. The summed E-state index contributed by atoms with van der Waals surface area (Å²) >= 11 is 0. The third-order valence-electron chi connectivity index (χ3n) is 2.98. The van der Waals surface area contributed by atoms with Gasteiger partial charge in [0.05, 0.1) is 6.54 Å². The lowest BCUT2D eigenvalue weighted by Gasteiger charge is -2.20. The van der Waals surface area contributed by atoms with Gasteiger partial charge in [-0.15, -0.1) is 0 Å². The monoisotopic (exact) mass is 275 g/mol. The predicted octanol–water partition coefficient (Wildman–Crippen LogP) is 2.72. The molecule has 6 heteroatoms. The molecule has 20 heavy (non-hydrogen) atoms. The van der Waals surface area contributed by atoms with Gasteiger partial charge in [0.15, 0.2) is 0 Å². The molecule has 0 saturated heterocycles. The van der Waals surface area contributed by atoms with Gasteiger partial charge in [0.2, 0.25) is 0 Å². The van der Waals surface area contributed by atoms with Gasteiger partial charge < -0.3 is 15.2 Å². The fourth-order valence-corrected chi connectivity index (χ4v) is 1.77. The van der Waals surface area contributed by atoms with Gasteiger partial charge in [-0.3, -0.25) is 0 Å². The second-order valence-electron chi connectivity index (χ2n) is 5.71. The highest BCUT2D eigenvalue weighted by atomic mass is 16.5. The van der Waals surface area contributed by atoms with Gasteiger partial charge in [-0.1, -0.05) is 25.9 Å². The van der Waals surface area contributed by atoms with Crippen molar-refractivity contribution in [2.24, 2.45) is 0 Å². The Hall–Kier alpha value is -2.11. The van der Waals surface area contributed by atoms with Crippen molar-refractivity contribution in [3.8, 4) is 0 Å². The molecule has 0 unspecified atom stereocenters. The average Bonchev–Trinajstić information content (AvgIpc) is 2.89. The fraction of sp³-hybridized carbons (Fsp3) is 0.500. The Morgan fingerprint density at radius 1 is 1.20 bits per heavy atom. The third kappa shape index (κ3) is 3.07. The van der Waals surface area contributed by atoms with Crippen LogP contribution in [0.1, 0.15) is 37.9 Å². The van der Waals surface area contributed by atoms with Crippen molar-refractivity contribution in [2.45, 2.75) is 39.7 Å². The molecule has 0 saturated carbocycles. The molecule has 0 amide bonds. The lowest BCUT2D eigenvalue weighted by molar-refractivity contribution is 0.412. The zero-order valence-corrected chi connectivity index (χ0v) is 12.6. The molecule has 2 aromatic heterocycles. The Labute approximate surface area is 119 Å². The first-order chi connectivity index (χ1) is 9.41. The molecule has 0 aliphatic rings. The number of anilines is 2. The van der Waals surface area contributed by atoms with E-state index in [1.807, 2.05) is 20.0 Å². The van der Waals surface area contributed by atoms with Crippen LogP contribution in [-0.2, 0) is 12.0 Å². The minimum atomic E-state index is -0.108. The van der Waals surface area contributed by atoms with Gasteiger partial charge in [-0.05, 0) is 6.92 Å². The summed E-state index contributed by atoms with van der Waals surface area (Å²) in [4.78, 5) is 9.20. The van der Waals surface area contributed by atoms with Crippen LogP contribution in [0.15, 0.2) is 16.9 Å². The molecule has 0 atom stereocenters. The molecule has 2 heterocycles. The fourth-order valence-electron chi connectivity index (χ4n) is 1.77. The zero-order valence-electron chi connectivity index (χ0n) is 12.6. The highest BCUT2D eigenvalue weighted by Gasteiger charge is 2.20. The third-order valence-corrected chi connectivity index (χ3v) is 2.98. The Kier molecular flexibility index (Phi) is 3.92. The molecule has 2 aromatic rings. The van der Waals surface area contributed by atoms with Crippen LogP contribution in [0, 0.1) is 6.92 Å². The van der Waals surface area contributed by atoms with Crippen molar-refractivity contribution in [2.75, 3.05) is 17.7 Å². The van der Waals surface area contributed by atoms with Crippen molar-refractivity contribution < 1.29 is 4.52 Å². The highest BCUT2D eigenvalue weighted by Crippen LogP contribution is 2.26. The van der Waals surface area contributed by atoms with E-state index in [0.717, 1.165) is 28.7 Å². The van der Waals surface area contributed by atoms with Crippen LogP contribution < -0.4 is 10.6 Å².